The summed E-state index contributed by atoms with van der Waals surface area (Å²) < 4.78 is 6.18. The van der Waals surface area contributed by atoms with E-state index in [0.29, 0.717) is 17.9 Å². The highest BCUT2D eigenvalue weighted by Gasteiger charge is 2.40. The summed E-state index contributed by atoms with van der Waals surface area (Å²) in [4.78, 5) is 40.8. The molecule has 3 aromatic heterocycles. The molecule has 0 aliphatic carbocycles. The Labute approximate surface area is 215 Å². The van der Waals surface area contributed by atoms with E-state index in [1.165, 1.54) is 0 Å². The number of hydrogen-bond acceptors (Lipinski definition) is 6. The lowest BCUT2D eigenvalue weighted by Crippen LogP contribution is -2.61. The number of fused-ring (bicyclic) bond motifs is 1. The van der Waals surface area contributed by atoms with Gasteiger partial charge < -0.3 is 14.6 Å². The molecule has 0 bridgehead atoms. The molecule has 3 atom stereocenters. The van der Waals surface area contributed by atoms with Crippen molar-refractivity contribution in [3.63, 3.8) is 0 Å². The number of anilines is 1. The molecular formula is C29H31N5O3. The Morgan fingerprint density at radius 3 is 2.62 bits per heavy atom. The molecule has 0 spiro atoms. The van der Waals surface area contributed by atoms with Gasteiger partial charge in [0.25, 0.3) is 11.5 Å². The molecule has 0 saturated carbocycles. The molecule has 1 aliphatic heterocycles. The molecule has 1 aliphatic rings. The molecule has 0 unspecified atom stereocenters. The van der Waals surface area contributed by atoms with E-state index in [9.17, 15) is 9.59 Å². The van der Waals surface area contributed by atoms with Crippen LogP contribution >= 0.6 is 0 Å². The van der Waals surface area contributed by atoms with Crippen LogP contribution in [0.2, 0.25) is 0 Å². The van der Waals surface area contributed by atoms with E-state index in [0.717, 1.165) is 34.4 Å². The zero-order valence-corrected chi connectivity index (χ0v) is 21.5. The molecule has 1 fully saturated rings. The smallest absolute Gasteiger partial charge is 0.276 e. The van der Waals surface area contributed by atoms with Crippen LogP contribution in [0.1, 0.15) is 48.4 Å². The number of carbonyl (C=O) groups excluding carboxylic acids is 1. The zero-order valence-electron chi connectivity index (χ0n) is 21.5. The highest BCUT2D eigenvalue weighted by Crippen LogP contribution is 2.33. The molecule has 8 nitrogen and oxygen atoms in total. The number of aromatic nitrogens is 3. The maximum absolute atomic E-state index is 12.8. The molecule has 1 aromatic carbocycles. The SMILES string of the molecule is CCc1cc2ncc([C@@H](C)N3C[C@H](Oc4ccc(C(=O)N(C)c5ccccc5)nc4)[C@H]3C)cc2[nH]c1=O. The van der Waals surface area contributed by atoms with E-state index >= 15 is 0 Å². The molecule has 190 valence electrons. The van der Waals surface area contributed by atoms with Crippen molar-refractivity contribution in [3.05, 3.63) is 94.2 Å². The Morgan fingerprint density at radius 1 is 1.16 bits per heavy atom. The normalized spacial score (nSPS) is 18.3. The molecule has 37 heavy (non-hydrogen) atoms. The number of rotatable bonds is 7. The van der Waals surface area contributed by atoms with E-state index in [1.54, 1.807) is 30.3 Å². The Hall–Kier alpha value is -4.04. The van der Waals surface area contributed by atoms with Gasteiger partial charge in [-0.2, -0.15) is 0 Å². The first-order chi connectivity index (χ1) is 17.9. The predicted octanol–water partition coefficient (Wildman–Crippen LogP) is 4.37. The van der Waals surface area contributed by atoms with Crippen LogP contribution in [0.4, 0.5) is 5.69 Å². The average Bonchev–Trinajstić information content (AvgIpc) is 2.93. The Morgan fingerprint density at radius 2 is 1.95 bits per heavy atom. The van der Waals surface area contributed by atoms with Crippen LogP contribution in [0.25, 0.3) is 11.0 Å². The van der Waals surface area contributed by atoms with E-state index in [1.807, 2.05) is 55.6 Å². The number of nitrogens with zero attached hydrogens (tertiary/aromatic N) is 4. The van der Waals surface area contributed by atoms with Gasteiger partial charge in [-0.05, 0) is 62.2 Å². The van der Waals surface area contributed by atoms with Crippen molar-refractivity contribution in [2.24, 2.45) is 0 Å². The Kier molecular flexibility index (Phi) is 6.76. The molecule has 0 radical (unpaired) electrons. The summed E-state index contributed by atoms with van der Waals surface area (Å²) >= 11 is 0. The number of amides is 1. The highest BCUT2D eigenvalue weighted by molar-refractivity contribution is 6.04. The van der Waals surface area contributed by atoms with Crippen molar-refractivity contribution in [1.82, 2.24) is 19.9 Å². The van der Waals surface area contributed by atoms with Gasteiger partial charge in [0.15, 0.2) is 0 Å². The lowest BCUT2D eigenvalue weighted by Gasteiger charge is -2.49. The second-order valence-electron chi connectivity index (χ2n) is 9.53. The van der Waals surface area contributed by atoms with Gasteiger partial charge >= 0.3 is 0 Å². The molecule has 1 N–H and O–H groups in total. The van der Waals surface area contributed by atoms with Crippen LogP contribution in [0.5, 0.6) is 5.75 Å². The third kappa shape index (κ3) is 4.84. The lowest BCUT2D eigenvalue weighted by molar-refractivity contribution is -0.0596. The summed E-state index contributed by atoms with van der Waals surface area (Å²) in [6.45, 7) is 6.99. The molecule has 1 saturated heterocycles. The summed E-state index contributed by atoms with van der Waals surface area (Å²) in [5, 5.41) is 0. The van der Waals surface area contributed by atoms with E-state index in [-0.39, 0.29) is 29.7 Å². The minimum atomic E-state index is -0.175. The van der Waals surface area contributed by atoms with Crippen molar-refractivity contribution in [2.75, 3.05) is 18.5 Å². The Balaban J connectivity index is 1.21. The van der Waals surface area contributed by atoms with Crippen molar-refractivity contribution in [1.29, 1.82) is 0 Å². The van der Waals surface area contributed by atoms with Crippen LogP contribution in [0, 0.1) is 0 Å². The molecule has 4 aromatic rings. The number of aryl methyl sites for hydroxylation is 1. The maximum atomic E-state index is 12.8. The molecule has 5 rings (SSSR count). The molecule has 1 amide bonds. The van der Waals surface area contributed by atoms with Crippen molar-refractivity contribution >= 4 is 22.6 Å². The number of nitrogens with one attached hydrogen (secondary N) is 1. The summed E-state index contributed by atoms with van der Waals surface area (Å²) in [6, 6.07) is 17.2. The van der Waals surface area contributed by atoms with Crippen LogP contribution in [-0.4, -0.2) is 51.5 Å². The second-order valence-corrected chi connectivity index (χ2v) is 9.53. The average molecular weight is 498 g/mol. The van der Waals surface area contributed by atoms with E-state index < -0.39 is 0 Å². The number of para-hydroxylation sites is 1. The summed E-state index contributed by atoms with van der Waals surface area (Å²) in [7, 11) is 1.74. The minimum absolute atomic E-state index is 0.0122. The first kappa shape index (κ1) is 24.6. The Bertz CT molecular complexity index is 1470. The second kappa shape index (κ2) is 10.1. The first-order valence-electron chi connectivity index (χ1n) is 12.6. The molecule has 8 heteroatoms. The number of benzene rings is 1. The van der Waals surface area contributed by atoms with Crippen LogP contribution in [0.3, 0.4) is 0 Å². The van der Waals surface area contributed by atoms with Crippen molar-refractivity contribution in [3.8, 4) is 5.75 Å². The van der Waals surface area contributed by atoms with Gasteiger partial charge in [0, 0.05) is 43.1 Å². The molecular weight excluding hydrogens is 466 g/mol. The summed E-state index contributed by atoms with van der Waals surface area (Å²) in [5.41, 5.74) is 4.47. The third-order valence-electron chi connectivity index (χ3n) is 7.29. The van der Waals surface area contributed by atoms with Gasteiger partial charge in [-0.3, -0.25) is 19.5 Å². The van der Waals surface area contributed by atoms with Crippen LogP contribution in [0.15, 0.2) is 71.8 Å². The number of likely N-dealkylation sites (tertiary alicyclic amines) is 1. The van der Waals surface area contributed by atoms with Gasteiger partial charge in [0.2, 0.25) is 0 Å². The lowest BCUT2D eigenvalue weighted by atomic mass is 9.95. The van der Waals surface area contributed by atoms with E-state index in [4.69, 9.17) is 4.74 Å². The molecule has 4 heterocycles. The largest absolute Gasteiger partial charge is 0.486 e. The number of carbonyl (C=O) groups is 1. The fraction of sp³-hybridized carbons (Fsp3) is 0.310. The van der Waals surface area contributed by atoms with Gasteiger partial charge in [0.1, 0.15) is 17.5 Å². The topological polar surface area (TPSA) is 91.4 Å². The fourth-order valence-electron chi connectivity index (χ4n) is 4.76. The standard InChI is InChI=1S/C29H31N5O3/c1-5-20-13-25-26(32-28(20)35)14-21(15-30-25)18(2)34-17-27(19(34)3)37-23-11-12-24(31-16-23)29(36)33(4)22-9-7-6-8-10-22/h6-16,18-19,27H,5,17H2,1-4H3,(H,32,35)/t18-,19-,27+/m1/s1. The number of hydrogen-bond donors (Lipinski definition) is 1. The number of ether oxygens (including phenoxy) is 1. The number of pyridine rings is 3. The predicted molar refractivity (Wildman–Crippen MR) is 144 cm³/mol. The van der Waals surface area contributed by atoms with Crippen LogP contribution < -0.4 is 15.2 Å². The first-order valence-corrected chi connectivity index (χ1v) is 12.6. The quantitative estimate of drug-likeness (QED) is 0.408. The van der Waals surface area contributed by atoms with Crippen molar-refractivity contribution < 1.29 is 9.53 Å². The fourth-order valence-corrected chi connectivity index (χ4v) is 4.76. The number of H-pyrrole nitrogens is 1. The van der Waals surface area contributed by atoms with E-state index in [2.05, 4.69) is 33.7 Å². The summed E-state index contributed by atoms with van der Waals surface area (Å²) in [5.74, 6) is 0.464. The third-order valence-corrected chi connectivity index (χ3v) is 7.29. The van der Waals surface area contributed by atoms with Gasteiger partial charge in [-0.15, -0.1) is 0 Å². The maximum Gasteiger partial charge on any atom is 0.276 e. The minimum Gasteiger partial charge on any atom is -0.486 e. The summed E-state index contributed by atoms with van der Waals surface area (Å²) in [6.07, 6.45) is 4.19. The van der Waals surface area contributed by atoms with Crippen molar-refractivity contribution in [2.45, 2.75) is 45.4 Å². The van der Waals surface area contributed by atoms with Gasteiger partial charge in [-0.1, -0.05) is 25.1 Å². The van der Waals surface area contributed by atoms with Gasteiger partial charge in [0.05, 0.1) is 17.2 Å². The van der Waals surface area contributed by atoms with Crippen LogP contribution in [-0.2, 0) is 6.42 Å². The number of aromatic amines is 1. The highest BCUT2D eigenvalue weighted by atomic mass is 16.5. The van der Waals surface area contributed by atoms with Gasteiger partial charge in [-0.25, -0.2) is 4.98 Å². The zero-order chi connectivity index (χ0) is 26.1. The monoisotopic (exact) mass is 497 g/mol.